The van der Waals surface area contributed by atoms with Gasteiger partial charge in [-0.3, -0.25) is 0 Å². The van der Waals surface area contributed by atoms with Gasteiger partial charge in [-0.2, -0.15) is 0 Å². The van der Waals surface area contributed by atoms with Crippen molar-refractivity contribution in [3.63, 3.8) is 0 Å². The molecule has 3 rings (SSSR count). The Kier molecular flexibility index (Phi) is 3.30. The topological polar surface area (TPSA) is 51.8 Å². The van der Waals surface area contributed by atoms with Crippen LogP contribution in [0.3, 0.4) is 0 Å². The molecule has 1 aliphatic carbocycles. The van der Waals surface area contributed by atoms with Crippen molar-refractivity contribution in [2.24, 2.45) is 5.73 Å². The Bertz CT molecular complexity index is 588. The number of hydrogen-bond donors (Lipinski definition) is 1. The average Bonchev–Trinajstić information content (AvgIpc) is 2.36. The second-order valence-corrected chi connectivity index (χ2v) is 5.29. The molecule has 98 valence electrons. The van der Waals surface area contributed by atoms with Gasteiger partial charge in [0.1, 0.15) is 0 Å². The number of aryl methyl sites for hydroxylation is 1. The monoisotopic (exact) mass is 253 g/mol. The highest BCUT2D eigenvalue weighted by Gasteiger charge is 2.21. The molecule has 0 aliphatic heterocycles. The highest BCUT2D eigenvalue weighted by Crippen LogP contribution is 2.36. The lowest BCUT2D eigenvalue weighted by atomic mass is 9.82. The van der Waals surface area contributed by atoms with Crippen molar-refractivity contribution in [1.29, 1.82) is 0 Å². The van der Waals surface area contributed by atoms with Crippen LogP contribution in [0.5, 0.6) is 0 Å². The van der Waals surface area contributed by atoms with Crippen LogP contribution in [0.2, 0.25) is 0 Å². The third-order valence-electron chi connectivity index (χ3n) is 3.82. The lowest BCUT2D eigenvalue weighted by Gasteiger charge is -2.25. The van der Waals surface area contributed by atoms with Crippen molar-refractivity contribution in [1.82, 2.24) is 9.97 Å². The van der Waals surface area contributed by atoms with Crippen LogP contribution in [0, 0.1) is 6.92 Å². The second-order valence-electron chi connectivity index (χ2n) is 5.29. The average molecular weight is 253 g/mol. The number of nitrogens with two attached hydrogens (primary N) is 1. The first kappa shape index (κ1) is 12.3. The van der Waals surface area contributed by atoms with Crippen LogP contribution in [-0.4, -0.2) is 9.97 Å². The van der Waals surface area contributed by atoms with Gasteiger partial charge in [0.2, 0.25) is 0 Å². The molecule has 0 amide bonds. The molecule has 1 heterocycles. The van der Waals surface area contributed by atoms with E-state index in [4.69, 9.17) is 10.7 Å². The minimum atomic E-state index is 0.551. The molecule has 0 atom stereocenters. The number of aromatic nitrogens is 2. The molecule has 3 nitrogen and oxygen atoms in total. The van der Waals surface area contributed by atoms with E-state index < -0.39 is 0 Å². The zero-order valence-corrected chi connectivity index (χ0v) is 11.3. The maximum absolute atomic E-state index is 5.69. The fraction of sp³-hybridized carbons (Fsp3) is 0.375. The SMILES string of the molecule is Cc1cc(C2CCC2)nc(-c2cccc(CN)c2)n1. The Morgan fingerprint density at radius 1 is 1.21 bits per heavy atom. The lowest BCUT2D eigenvalue weighted by molar-refractivity contribution is 0.410. The molecule has 1 aromatic heterocycles. The summed E-state index contributed by atoms with van der Waals surface area (Å²) in [5.74, 6) is 1.47. The van der Waals surface area contributed by atoms with Gasteiger partial charge in [-0.05, 0) is 37.5 Å². The van der Waals surface area contributed by atoms with Crippen molar-refractivity contribution < 1.29 is 0 Å². The Hall–Kier alpha value is -1.74. The first-order valence-corrected chi connectivity index (χ1v) is 6.91. The van der Waals surface area contributed by atoms with Crippen molar-refractivity contribution >= 4 is 0 Å². The van der Waals surface area contributed by atoms with Crippen LogP contribution in [0.25, 0.3) is 11.4 Å². The molecule has 0 saturated heterocycles. The van der Waals surface area contributed by atoms with Crippen LogP contribution in [-0.2, 0) is 6.54 Å². The van der Waals surface area contributed by atoms with Gasteiger partial charge in [-0.1, -0.05) is 24.6 Å². The minimum absolute atomic E-state index is 0.551. The summed E-state index contributed by atoms with van der Waals surface area (Å²) in [6, 6.07) is 10.3. The summed E-state index contributed by atoms with van der Waals surface area (Å²) in [6.45, 7) is 2.59. The van der Waals surface area contributed by atoms with E-state index in [0.717, 1.165) is 22.6 Å². The summed E-state index contributed by atoms with van der Waals surface area (Å²) in [5.41, 5.74) is 10.1. The Balaban J connectivity index is 2.00. The van der Waals surface area contributed by atoms with E-state index in [-0.39, 0.29) is 0 Å². The van der Waals surface area contributed by atoms with Gasteiger partial charge in [-0.15, -0.1) is 0 Å². The molecular formula is C16H19N3. The van der Waals surface area contributed by atoms with Crippen molar-refractivity contribution in [3.05, 3.63) is 47.3 Å². The first-order valence-electron chi connectivity index (χ1n) is 6.91. The summed E-state index contributed by atoms with van der Waals surface area (Å²) >= 11 is 0. The summed E-state index contributed by atoms with van der Waals surface area (Å²) in [7, 11) is 0. The minimum Gasteiger partial charge on any atom is -0.326 e. The molecule has 1 aromatic carbocycles. The molecule has 1 fully saturated rings. The van der Waals surface area contributed by atoms with Gasteiger partial charge in [0.15, 0.2) is 5.82 Å². The first-order chi connectivity index (χ1) is 9.26. The van der Waals surface area contributed by atoms with Gasteiger partial charge in [0, 0.05) is 29.4 Å². The van der Waals surface area contributed by atoms with E-state index in [1.54, 1.807) is 0 Å². The van der Waals surface area contributed by atoms with Crippen molar-refractivity contribution in [2.45, 2.75) is 38.6 Å². The van der Waals surface area contributed by atoms with Crippen molar-refractivity contribution in [3.8, 4) is 11.4 Å². The molecule has 0 unspecified atom stereocenters. The molecule has 2 aromatic rings. The van der Waals surface area contributed by atoms with Crippen LogP contribution in [0.15, 0.2) is 30.3 Å². The second kappa shape index (κ2) is 5.10. The number of hydrogen-bond acceptors (Lipinski definition) is 3. The van der Waals surface area contributed by atoms with Crippen LogP contribution >= 0.6 is 0 Å². The number of rotatable bonds is 3. The Morgan fingerprint density at radius 3 is 2.74 bits per heavy atom. The molecule has 1 aliphatic rings. The zero-order chi connectivity index (χ0) is 13.2. The Labute approximate surface area is 113 Å². The summed E-state index contributed by atoms with van der Waals surface area (Å²) in [5, 5.41) is 0. The van der Waals surface area contributed by atoms with Crippen LogP contribution in [0.4, 0.5) is 0 Å². The van der Waals surface area contributed by atoms with E-state index in [2.05, 4.69) is 23.2 Å². The highest BCUT2D eigenvalue weighted by molar-refractivity contribution is 5.56. The van der Waals surface area contributed by atoms with Crippen LogP contribution in [0.1, 0.15) is 42.1 Å². The van der Waals surface area contributed by atoms with Gasteiger partial charge >= 0.3 is 0 Å². The fourth-order valence-electron chi connectivity index (χ4n) is 2.47. The lowest BCUT2D eigenvalue weighted by Crippen LogP contribution is -2.12. The van der Waals surface area contributed by atoms with E-state index in [9.17, 15) is 0 Å². The quantitative estimate of drug-likeness (QED) is 0.914. The largest absolute Gasteiger partial charge is 0.326 e. The number of benzene rings is 1. The van der Waals surface area contributed by atoms with E-state index in [1.165, 1.54) is 25.0 Å². The Morgan fingerprint density at radius 2 is 2.05 bits per heavy atom. The third kappa shape index (κ3) is 2.51. The van der Waals surface area contributed by atoms with E-state index >= 15 is 0 Å². The smallest absolute Gasteiger partial charge is 0.159 e. The molecule has 2 N–H and O–H groups in total. The highest BCUT2D eigenvalue weighted by atomic mass is 14.9. The molecule has 0 spiro atoms. The summed E-state index contributed by atoms with van der Waals surface area (Å²) in [6.07, 6.45) is 3.85. The van der Waals surface area contributed by atoms with Crippen LogP contribution < -0.4 is 5.73 Å². The molecule has 1 saturated carbocycles. The van der Waals surface area contributed by atoms with Gasteiger partial charge in [-0.25, -0.2) is 9.97 Å². The van der Waals surface area contributed by atoms with Gasteiger partial charge < -0.3 is 5.73 Å². The van der Waals surface area contributed by atoms with E-state index in [0.29, 0.717) is 12.5 Å². The predicted molar refractivity (Wildman–Crippen MR) is 76.7 cm³/mol. The predicted octanol–water partition coefficient (Wildman–Crippen LogP) is 3.18. The summed E-state index contributed by atoms with van der Waals surface area (Å²) < 4.78 is 0. The summed E-state index contributed by atoms with van der Waals surface area (Å²) in [4.78, 5) is 9.32. The normalized spacial score (nSPS) is 15.3. The van der Waals surface area contributed by atoms with Crippen molar-refractivity contribution in [2.75, 3.05) is 0 Å². The maximum atomic E-state index is 5.69. The molecule has 19 heavy (non-hydrogen) atoms. The van der Waals surface area contributed by atoms with Gasteiger partial charge in [0.25, 0.3) is 0 Å². The fourth-order valence-corrected chi connectivity index (χ4v) is 2.47. The van der Waals surface area contributed by atoms with E-state index in [1.807, 2.05) is 19.1 Å². The zero-order valence-electron chi connectivity index (χ0n) is 11.3. The molecular weight excluding hydrogens is 234 g/mol. The molecule has 0 radical (unpaired) electrons. The third-order valence-corrected chi connectivity index (χ3v) is 3.82. The maximum Gasteiger partial charge on any atom is 0.159 e. The number of nitrogens with zero attached hydrogens (tertiary/aromatic N) is 2. The molecule has 0 bridgehead atoms. The van der Waals surface area contributed by atoms with Gasteiger partial charge in [0.05, 0.1) is 0 Å². The molecule has 3 heteroatoms. The standard InChI is InChI=1S/C16H19N3/c1-11-8-15(13-5-3-6-13)19-16(18-11)14-7-2-4-12(9-14)10-17/h2,4,7-9,13H,3,5-6,10,17H2,1H3.